The van der Waals surface area contributed by atoms with Gasteiger partial charge in [0.2, 0.25) is 0 Å². The number of hydrogen-bond acceptors (Lipinski definition) is 4. The highest BCUT2D eigenvalue weighted by Gasteiger charge is 2.30. The SMILES string of the molecule is CC(C)C[C@H]1CN(Cc2ccccc2)CCN1c1cc(F)c(C=NNC(N)=S)cc1F. The maximum Gasteiger partial charge on any atom is 0.184 e. The average Bonchev–Trinajstić information content (AvgIpc) is 2.71. The van der Waals surface area contributed by atoms with Gasteiger partial charge >= 0.3 is 0 Å². The number of piperazine rings is 1. The normalized spacial score (nSPS) is 17.5. The Morgan fingerprint density at radius 2 is 1.97 bits per heavy atom. The van der Waals surface area contributed by atoms with Crippen LogP contribution in [0.15, 0.2) is 47.6 Å². The van der Waals surface area contributed by atoms with E-state index in [1.54, 1.807) is 0 Å². The van der Waals surface area contributed by atoms with E-state index in [1.807, 2.05) is 23.1 Å². The van der Waals surface area contributed by atoms with E-state index in [0.717, 1.165) is 32.1 Å². The predicted molar refractivity (Wildman–Crippen MR) is 126 cm³/mol. The summed E-state index contributed by atoms with van der Waals surface area (Å²) in [5.74, 6) is -0.571. The number of halogens is 2. The summed E-state index contributed by atoms with van der Waals surface area (Å²) in [6.45, 7) is 7.38. The van der Waals surface area contributed by atoms with Crippen LogP contribution in [-0.2, 0) is 6.54 Å². The third-order valence-electron chi connectivity index (χ3n) is 5.31. The summed E-state index contributed by atoms with van der Waals surface area (Å²) in [5, 5.41) is 3.68. The zero-order valence-electron chi connectivity index (χ0n) is 17.9. The summed E-state index contributed by atoms with van der Waals surface area (Å²) in [5.41, 5.74) is 9.22. The van der Waals surface area contributed by atoms with Crippen LogP contribution >= 0.6 is 12.2 Å². The molecule has 1 aliphatic rings. The predicted octanol–water partition coefficient (Wildman–Crippen LogP) is 3.87. The molecule has 1 aliphatic heterocycles. The largest absolute Gasteiger partial charge is 0.375 e. The number of nitrogens with one attached hydrogen (secondary N) is 1. The minimum atomic E-state index is -0.542. The van der Waals surface area contributed by atoms with Crippen LogP contribution in [0.4, 0.5) is 14.5 Å². The fraction of sp³-hybridized carbons (Fsp3) is 0.391. The zero-order chi connectivity index (χ0) is 22.4. The molecule has 5 nitrogen and oxygen atoms in total. The van der Waals surface area contributed by atoms with Crippen molar-refractivity contribution in [2.75, 3.05) is 24.5 Å². The number of rotatable bonds is 7. The van der Waals surface area contributed by atoms with Gasteiger partial charge in [0.25, 0.3) is 0 Å². The lowest BCUT2D eigenvalue weighted by Crippen LogP contribution is -2.53. The molecule has 0 amide bonds. The van der Waals surface area contributed by atoms with E-state index in [9.17, 15) is 4.39 Å². The molecule has 1 heterocycles. The maximum absolute atomic E-state index is 15.0. The number of benzene rings is 2. The van der Waals surface area contributed by atoms with E-state index >= 15 is 4.39 Å². The van der Waals surface area contributed by atoms with Gasteiger partial charge in [0.15, 0.2) is 5.11 Å². The van der Waals surface area contributed by atoms with Crippen molar-refractivity contribution in [2.45, 2.75) is 32.9 Å². The molecule has 0 unspecified atom stereocenters. The molecular formula is C23H29F2N5S. The Bertz CT molecular complexity index is 920. The van der Waals surface area contributed by atoms with Crippen LogP contribution in [0.25, 0.3) is 0 Å². The molecule has 8 heteroatoms. The lowest BCUT2D eigenvalue weighted by atomic mass is 9.98. The van der Waals surface area contributed by atoms with E-state index in [2.05, 4.69) is 53.6 Å². The van der Waals surface area contributed by atoms with E-state index in [1.165, 1.54) is 17.8 Å². The van der Waals surface area contributed by atoms with E-state index < -0.39 is 11.6 Å². The second-order valence-corrected chi connectivity index (χ2v) is 8.70. The first kappa shape index (κ1) is 23.1. The van der Waals surface area contributed by atoms with E-state index in [4.69, 9.17) is 5.73 Å². The first-order valence-corrected chi connectivity index (χ1v) is 10.8. The van der Waals surface area contributed by atoms with Crippen LogP contribution < -0.4 is 16.1 Å². The van der Waals surface area contributed by atoms with Crippen molar-refractivity contribution in [3.8, 4) is 0 Å². The van der Waals surface area contributed by atoms with Gasteiger partial charge in [-0.25, -0.2) is 8.78 Å². The highest BCUT2D eigenvalue weighted by Crippen LogP contribution is 2.29. The van der Waals surface area contributed by atoms with Crippen molar-refractivity contribution >= 4 is 29.2 Å². The van der Waals surface area contributed by atoms with Crippen molar-refractivity contribution in [1.29, 1.82) is 0 Å². The summed E-state index contributed by atoms with van der Waals surface area (Å²) in [6.07, 6.45) is 2.07. The monoisotopic (exact) mass is 445 g/mol. The fourth-order valence-electron chi connectivity index (χ4n) is 4.00. The molecule has 0 aromatic heterocycles. The van der Waals surface area contributed by atoms with Crippen molar-refractivity contribution in [2.24, 2.45) is 16.8 Å². The summed E-state index contributed by atoms with van der Waals surface area (Å²) in [6, 6.07) is 12.8. The smallest absolute Gasteiger partial charge is 0.184 e. The van der Waals surface area contributed by atoms with Gasteiger partial charge in [0.1, 0.15) is 11.6 Å². The van der Waals surface area contributed by atoms with Crippen LogP contribution in [-0.4, -0.2) is 41.9 Å². The molecule has 1 fully saturated rings. The number of thiocarbonyl (C=S) groups is 1. The van der Waals surface area contributed by atoms with Gasteiger partial charge in [-0.05, 0) is 36.2 Å². The van der Waals surface area contributed by atoms with Crippen molar-refractivity contribution in [3.63, 3.8) is 0 Å². The molecule has 166 valence electrons. The fourth-order valence-corrected chi connectivity index (χ4v) is 4.06. The molecular weight excluding hydrogens is 416 g/mol. The Morgan fingerprint density at radius 1 is 1.23 bits per heavy atom. The van der Waals surface area contributed by atoms with Gasteiger partial charge in [-0.15, -0.1) is 0 Å². The molecule has 0 spiro atoms. The first-order valence-electron chi connectivity index (χ1n) is 10.4. The van der Waals surface area contributed by atoms with Crippen molar-refractivity contribution in [3.05, 3.63) is 65.2 Å². The Kier molecular flexibility index (Phi) is 7.92. The topological polar surface area (TPSA) is 56.9 Å². The lowest BCUT2D eigenvalue weighted by molar-refractivity contribution is 0.202. The quantitative estimate of drug-likeness (QED) is 0.385. The Balaban J connectivity index is 1.79. The third-order valence-corrected chi connectivity index (χ3v) is 5.40. The molecule has 3 rings (SSSR count). The van der Waals surface area contributed by atoms with Crippen LogP contribution in [0.1, 0.15) is 31.4 Å². The van der Waals surface area contributed by atoms with Gasteiger partial charge in [-0.1, -0.05) is 44.2 Å². The highest BCUT2D eigenvalue weighted by atomic mass is 32.1. The Hall–Kier alpha value is -2.58. The number of hydrazone groups is 1. The van der Waals surface area contributed by atoms with Gasteiger partial charge in [-0.3, -0.25) is 10.3 Å². The van der Waals surface area contributed by atoms with Crippen LogP contribution in [0.3, 0.4) is 0 Å². The zero-order valence-corrected chi connectivity index (χ0v) is 18.7. The molecule has 2 aromatic carbocycles. The summed E-state index contributed by atoms with van der Waals surface area (Å²) < 4.78 is 29.7. The number of nitrogens with zero attached hydrogens (tertiary/aromatic N) is 3. The first-order chi connectivity index (χ1) is 14.8. The maximum atomic E-state index is 15.0. The molecule has 0 bridgehead atoms. The highest BCUT2D eigenvalue weighted by molar-refractivity contribution is 7.80. The molecule has 3 N–H and O–H groups in total. The van der Waals surface area contributed by atoms with E-state index in [0.29, 0.717) is 18.2 Å². The van der Waals surface area contributed by atoms with Crippen LogP contribution in [0.2, 0.25) is 0 Å². The minimum absolute atomic E-state index is 0.0353. The van der Waals surface area contributed by atoms with Gasteiger partial charge in [0.05, 0.1) is 11.9 Å². The summed E-state index contributed by atoms with van der Waals surface area (Å²) in [4.78, 5) is 4.39. The molecule has 0 saturated carbocycles. The number of nitrogens with two attached hydrogens (primary N) is 1. The van der Waals surface area contributed by atoms with Gasteiger partial charge < -0.3 is 10.6 Å². The van der Waals surface area contributed by atoms with E-state index in [-0.39, 0.29) is 16.7 Å². The van der Waals surface area contributed by atoms with Crippen LogP contribution in [0, 0.1) is 17.6 Å². The van der Waals surface area contributed by atoms with Crippen LogP contribution in [0.5, 0.6) is 0 Å². The van der Waals surface area contributed by atoms with Gasteiger partial charge in [-0.2, -0.15) is 5.10 Å². The number of anilines is 1. The second-order valence-electron chi connectivity index (χ2n) is 8.26. The lowest BCUT2D eigenvalue weighted by Gasteiger charge is -2.43. The molecule has 1 saturated heterocycles. The Labute approximate surface area is 187 Å². The third kappa shape index (κ3) is 6.45. The molecule has 1 atom stereocenters. The van der Waals surface area contributed by atoms with Gasteiger partial charge in [0, 0.05) is 43.9 Å². The second kappa shape index (κ2) is 10.6. The minimum Gasteiger partial charge on any atom is -0.375 e. The van der Waals surface area contributed by atoms with Crippen molar-refractivity contribution in [1.82, 2.24) is 10.3 Å². The molecule has 0 aliphatic carbocycles. The summed E-state index contributed by atoms with van der Waals surface area (Å²) in [7, 11) is 0. The molecule has 2 aromatic rings. The van der Waals surface area contributed by atoms with Crippen molar-refractivity contribution < 1.29 is 8.78 Å². The molecule has 31 heavy (non-hydrogen) atoms. The standard InChI is InChI=1S/C23H29F2N5S/c1-16(2)10-19-15-29(14-17-6-4-3-5-7-17)8-9-30(19)22-12-20(24)18(11-21(22)25)13-27-28-23(26)31/h3-7,11-13,16,19H,8-10,14-15H2,1-2H3,(H3,26,28,31)/t19-/m0/s1. The summed E-state index contributed by atoms with van der Waals surface area (Å²) >= 11 is 4.65. The molecule has 0 radical (unpaired) electrons. The number of hydrogen-bond donors (Lipinski definition) is 2. The Morgan fingerprint density at radius 3 is 2.65 bits per heavy atom. The average molecular weight is 446 g/mol.